The van der Waals surface area contributed by atoms with Crippen LogP contribution in [0.3, 0.4) is 0 Å². The highest BCUT2D eigenvalue weighted by atomic mass is 19.2. The summed E-state index contributed by atoms with van der Waals surface area (Å²) in [5.74, 6) is -3.92. The van der Waals surface area contributed by atoms with E-state index >= 15 is 0 Å². The summed E-state index contributed by atoms with van der Waals surface area (Å²) in [6.45, 7) is 5.95. The van der Waals surface area contributed by atoms with Gasteiger partial charge in [0, 0.05) is 17.3 Å². The quantitative estimate of drug-likeness (QED) is 0.348. The summed E-state index contributed by atoms with van der Waals surface area (Å²) >= 11 is 0. The Morgan fingerprint density at radius 2 is 1.52 bits per heavy atom. The second kappa shape index (κ2) is 8.21. The van der Waals surface area contributed by atoms with Crippen LogP contribution in [-0.4, -0.2) is 4.98 Å². The number of aryl methyl sites for hydroxylation is 1. The van der Waals surface area contributed by atoms with Gasteiger partial charge in [-0.25, -0.2) is 13.2 Å². The Labute approximate surface area is 157 Å². The lowest BCUT2D eigenvalue weighted by atomic mass is 10.0. The molecular formula is C23H20F3N. The highest BCUT2D eigenvalue weighted by Gasteiger charge is 2.12. The van der Waals surface area contributed by atoms with Crippen LogP contribution in [0.1, 0.15) is 25.3 Å². The minimum atomic E-state index is -1.47. The summed E-state index contributed by atoms with van der Waals surface area (Å²) in [5, 5.41) is 0. The molecule has 27 heavy (non-hydrogen) atoms. The zero-order valence-corrected chi connectivity index (χ0v) is 15.1. The maximum absolute atomic E-state index is 13.4. The van der Waals surface area contributed by atoms with Gasteiger partial charge in [-0.3, -0.25) is 4.98 Å². The van der Waals surface area contributed by atoms with E-state index in [-0.39, 0.29) is 5.56 Å². The Bertz CT molecular complexity index is 921. The number of hydrogen-bond acceptors (Lipinski definition) is 1. The minimum Gasteiger partial charge on any atom is -0.256 e. The van der Waals surface area contributed by atoms with Gasteiger partial charge in [-0.15, -0.1) is 6.58 Å². The normalized spacial score (nSPS) is 10.8. The maximum Gasteiger partial charge on any atom is 0.194 e. The molecule has 0 atom stereocenters. The molecule has 0 N–H and O–H groups in total. The lowest BCUT2D eigenvalue weighted by Gasteiger charge is -2.07. The number of halogens is 3. The first-order valence-corrected chi connectivity index (χ1v) is 8.78. The molecule has 0 saturated heterocycles. The van der Waals surface area contributed by atoms with E-state index in [1.807, 2.05) is 25.1 Å². The molecule has 0 unspecified atom stereocenters. The van der Waals surface area contributed by atoms with Crippen molar-refractivity contribution < 1.29 is 13.2 Å². The van der Waals surface area contributed by atoms with E-state index in [2.05, 4.69) is 23.7 Å². The highest BCUT2D eigenvalue weighted by molar-refractivity contribution is 5.67. The van der Waals surface area contributed by atoms with Crippen molar-refractivity contribution in [3.05, 3.63) is 89.9 Å². The molecule has 0 bridgehead atoms. The third-order valence-electron chi connectivity index (χ3n) is 4.40. The van der Waals surface area contributed by atoms with Gasteiger partial charge in [-0.1, -0.05) is 35.9 Å². The Hall–Kier alpha value is -2.88. The van der Waals surface area contributed by atoms with E-state index in [9.17, 15) is 13.2 Å². The van der Waals surface area contributed by atoms with E-state index in [0.29, 0.717) is 5.69 Å². The smallest absolute Gasteiger partial charge is 0.194 e. The van der Waals surface area contributed by atoms with E-state index in [1.54, 1.807) is 12.3 Å². The van der Waals surface area contributed by atoms with Crippen LogP contribution in [0.4, 0.5) is 13.2 Å². The number of nitrogens with zero attached hydrogens (tertiary/aromatic N) is 1. The minimum absolute atomic E-state index is 0.200. The zero-order valence-electron chi connectivity index (χ0n) is 15.1. The molecule has 0 saturated carbocycles. The van der Waals surface area contributed by atoms with Crippen LogP contribution in [0.25, 0.3) is 22.4 Å². The molecule has 2 aromatic carbocycles. The fourth-order valence-corrected chi connectivity index (χ4v) is 2.90. The van der Waals surface area contributed by atoms with Gasteiger partial charge in [0.25, 0.3) is 0 Å². The molecule has 0 amide bonds. The predicted molar refractivity (Wildman–Crippen MR) is 103 cm³/mol. The third-order valence-corrected chi connectivity index (χ3v) is 4.40. The highest BCUT2D eigenvalue weighted by Crippen LogP contribution is 2.25. The number of allylic oxidation sites excluding steroid dienone is 1. The molecule has 0 radical (unpaired) electrons. The van der Waals surface area contributed by atoms with Gasteiger partial charge in [0.2, 0.25) is 0 Å². The first-order chi connectivity index (χ1) is 12.9. The molecule has 3 aromatic rings. The van der Waals surface area contributed by atoms with Crippen LogP contribution in [0.15, 0.2) is 66.9 Å². The fraction of sp³-hybridized carbons (Fsp3) is 0.174. The SMILES string of the molecule is C=C(C)CCCc1ccc(-c2ccc(-c3cc(F)c(F)c(F)c3)nc2)cc1. The monoisotopic (exact) mass is 367 g/mol. The predicted octanol–water partition coefficient (Wildman–Crippen LogP) is 6.73. The van der Waals surface area contributed by atoms with E-state index in [0.717, 1.165) is 42.5 Å². The summed E-state index contributed by atoms with van der Waals surface area (Å²) in [5.41, 5.74) is 4.95. The Kier molecular flexibility index (Phi) is 5.75. The molecule has 4 heteroatoms. The van der Waals surface area contributed by atoms with Crippen molar-refractivity contribution in [3.8, 4) is 22.4 Å². The molecule has 3 rings (SSSR count). The van der Waals surface area contributed by atoms with E-state index in [4.69, 9.17) is 0 Å². The summed E-state index contributed by atoms with van der Waals surface area (Å²) < 4.78 is 39.9. The maximum atomic E-state index is 13.4. The molecule has 138 valence electrons. The summed E-state index contributed by atoms with van der Waals surface area (Å²) in [4.78, 5) is 4.26. The zero-order chi connectivity index (χ0) is 19.4. The van der Waals surface area contributed by atoms with Crippen LogP contribution in [0, 0.1) is 17.5 Å². The van der Waals surface area contributed by atoms with Crippen molar-refractivity contribution >= 4 is 0 Å². The third kappa shape index (κ3) is 4.64. The standard InChI is InChI=1S/C23H20F3N/c1-15(2)4-3-5-16-6-8-17(9-7-16)18-10-11-22(27-14-18)19-12-20(24)23(26)21(25)13-19/h6-14H,1,3-5H2,2H3. The van der Waals surface area contributed by atoms with Gasteiger partial charge in [0.05, 0.1) is 5.69 Å². The van der Waals surface area contributed by atoms with Gasteiger partial charge in [0.1, 0.15) is 0 Å². The van der Waals surface area contributed by atoms with Gasteiger partial charge in [-0.05, 0) is 55.5 Å². The number of pyridine rings is 1. The molecular weight excluding hydrogens is 347 g/mol. The van der Waals surface area contributed by atoms with Crippen molar-refractivity contribution in [2.45, 2.75) is 26.2 Å². The van der Waals surface area contributed by atoms with Crippen LogP contribution in [0.2, 0.25) is 0 Å². The fourth-order valence-electron chi connectivity index (χ4n) is 2.90. The van der Waals surface area contributed by atoms with Gasteiger partial charge >= 0.3 is 0 Å². The molecule has 0 aliphatic rings. The number of benzene rings is 2. The molecule has 0 aliphatic heterocycles. The van der Waals surface area contributed by atoms with Crippen molar-refractivity contribution in [2.75, 3.05) is 0 Å². The second-order valence-corrected chi connectivity index (χ2v) is 6.69. The van der Waals surface area contributed by atoms with Crippen molar-refractivity contribution in [3.63, 3.8) is 0 Å². The van der Waals surface area contributed by atoms with Gasteiger partial charge in [-0.2, -0.15) is 0 Å². The molecule has 0 fully saturated rings. The van der Waals surface area contributed by atoms with E-state index in [1.165, 1.54) is 11.1 Å². The topological polar surface area (TPSA) is 12.9 Å². The Balaban J connectivity index is 1.74. The Morgan fingerprint density at radius 3 is 2.07 bits per heavy atom. The average Bonchev–Trinajstić information content (AvgIpc) is 2.66. The van der Waals surface area contributed by atoms with Crippen molar-refractivity contribution in [1.82, 2.24) is 4.98 Å². The van der Waals surface area contributed by atoms with Crippen molar-refractivity contribution in [1.29, 1.82) is 0 Å². The van der Waals surface area contributed by atoms with E-state index < -0.39 is 17.5 Å². The number of rotatable bonds is 6. The lowest BCUT2D eigenvalue weighted by Crippen LogP contribution is -1.93. The first-order valence-electron chi connectivity index (χ1n) is 8.78. The van der Waals surface area contributed by atoms with Gasteiger partial charge in [0.15, 0.2) is 17.5 Å². The van der Waals surface area contributed by atoms with Crippen LogP contribution >= 0.6 is 0 Å². The summed E-state index contributed by atoms with van der Waals surface area (Å²) in [7, 11) is 0. The Morgan fingerprint density at radius 1 is 0.889 bits per heavy atom. The summed E-state index contributed by atoms with van der Waals surface area (Å²) in [6.07, 6.45) is 4.75. The molecule has 1 nitrogen and oxygen atoms in total. The average molecular weight is 367 g/mol. The van der Waals surface area contributed by atoms with Crippen LogP contribution in [0.5, 0.6) is 0 Å². The molecule has 0 aliphatic carbocycles. The largest absolute Gasteiger partial charge is 0.256 e. The van der Waals surface area contributed by atoms with Crippen molar-refractivity contribution in [2.24, 2.45) is 0 Å². The lowest BCUT2D eigenvalue weighted by molar-refractivity contribution is 0.447. The van der Waals surface area contributed by atoms with Gasteiger partial charge < -0.3 is 0 Å². The molecule has 1 aromatic heterocycles. The van der Waals surface area contributed by atoms with Crippen LogP contribution in [-0.2, 0) is 6.42 Å². The summed E-state index contributed by atoms with van der Waals surface area (Å²) in [6, 6.07) is 13.6. The van der Waals surface area contributed by atoms with Crippen LogP contribution < -0.4 is 0 Å². The second-order valence-electron chi connectivity index (χ2n) is 6.69. The first kappa shape index (κ1) is 18.9. The molecule has 1 heterocycles. The number of aromatic nitrogens is 1. The number of hydrogen-bond donors (Lipinski definition) is 0. The molecule has 0 spiro atoms.